The second-order valence-electron chi connectivity index (χ2n) is 4.22. The standard InChI is InChI=1S/C12H11BN4O2S/c14-20(19)9-3-1-2-8(6-9)17-12-10(7-16-17)11(13-18)4-5-15-12/h1-7,13,18H,14H2. The van der Waals surface area contributed by atoms with E-state index in [1.807, 2.05) is 6.07 Å². The van der Waals surface area contributed by atoms with Crippen LogP contribution in [0.25, 0.3) is 16.7 Å². The van der Waals surface area contributed by atoms with E-state index in [2.05, 4.69) is 10.1 Å². The summed E-state index contributed by atoms with van der Waals surface area (Å²) in [5, 5.41) is 19.8. The summed E-state index contributed by atoms with van der Waals surface area (Å²) in [5.74, 6) is 0. The molecule has 0 aliphatic carbocycles. The highest BCUT2D eigenvalue weighted by molar-refractivity contribution is 7.82. The van der Waals surface area contributed by atoms with Crippen molar-refractivity contribution in [1.29, 1.82) is 0 Å². The van der Waals surface area contributed by atoms with Crippen molar-refractivity contribution in [2.24, 2.45) is 5.14 Å². The summed E-state index contributed by atoms with van der Waals surface area (Å²) >= 11 is 0. The van der Waals surface area contributed by atoms with Crippen molar-refractivity contribution >= 4 is 35.0 Å². The van der Waals surface area contributed by atoms with E-state index in [9.17, 15) is 9.23 Å². The molecule has 0 aliphatic heterocycles. The number of fused-ring (bicyclic) bond motifs is 1. The third kappa shape index (κ3) is 2.13. The summed E-state index contributed by atoms with van der Waals surface area (Å²) in [6.07, 6.45) is 3.27. The predicted molar refractivity (Wildman–Crippen MR) is 78.5 cm³/mol. The van der Waals surface area contributed by atoms with E-state index < -0.39 is 11.0 Å². The van der Waals surface area contributed by atoms with E-state index in [0.717, 1.165) is 16.5 Å². The van der Waals surface area contributed by atoms with Gasteiger partial charge in [-0.3, -0.25) is 0 Å². The van der Waals surface area contributed by atoms with Gasteiger partial charge in [-0.1, -0.05) is 6.07 Å². The molecule has 3 aromatic rings. The highest BCUT2D eigenvalue weighted by Gasteiger charge is 2.10. The van der Waals surface area contributed by atoms with Gasteiger partial charge in [0.15, 0.2) is 5.65 Å². The monoisotopic (exact) mass is 286 g/mol. The molecule has 100 valence electrons. The molecule has 0 saturated heterocycles. The van der Waals surface area contributed by atoms with Crippen LogP contribution in [0.3, 0.4) is 0 Å². The molecule has 2 aromatic heterocycles. The average molecular weight is 286 g/mol. The van der Waals surface area contributed by atoms with Gasteiger partial charge in [0.05, 0.1) is 16.8 Å². The number of nitrogens with zero attached hydrogens (tertiary/aromatic N) is 3. The largest absolute Gasteiger partial charge is 0.449 e. The van der Waals surface area contributed by atoms with Gasteiger partial charge >= 0.3 is 7.48 Å². The molecule has 20 heavy (non-hydrogen) atoms. The van der Waals surface area contributed by atoms with Crippen molar-refractivity contribution < 1.29 is 9.23 Å². The van der Waals surface area contributed by atoms with Crippen molar-refractivity contribution in [3.63, 3.8) is 0 Å². The summed E-state index contributed by atoms with van der Waals surface area (Å²) in [4.78, 5) is 4.80. The summed E-state index contributed by atoms with van der Waals surface area (Å²) in [5.41, 5.74) is 2.12. The molecule has 3 rings (SSSR count). The first-order valence-electron chi connectivity index (χ1n) is 5.90. The van der Waals surface area contributed by atoms with Crippen LogP contribution in [-0.4, -0.2) is 31.5 Å². The molecule has 1 atom stereocenters. The van der Waals surface area contributed by atoms with Crippen LogP contribution in [0.1, 0.15) is 0 Å². The van der Waals surface area contributed by atoms with E-state index in [4.69, 9.17) is 5.14 Å². The van der Waals surface area contributed by atoms with E-state index >= 15 is 0 Å². The minimum atomic E-state index is -1.54. The van der Waals surface area contributed by atoms with Gasteiger partial charge < -0.3 is 5.02 Å². The summed E-state index contributed by atoms with van der Waals surface area (Å²) in [7, 11) is -1.61. The fourth-order valence-corrected chi connectivity index (χ4v) is 2.50. The van der Waals surface area contributed by atoms with Crippen LogP contribution in [0.2, 0.25) is 0 Å². The molecule has 0 aliphatic rings. The average Bonchev–Trinajstić information content (AvgIpc) is 2.91. The van der Waals surface area contributed by atoms with Crippen molar-refractivity contribution in [2.45, 2.75) is 4.90 Å². The lowest BCUT2D eigenvalue weighted by Crippen LogP contribution is -2.14. The number of hydrogen-bond donors (Lipinski definition) is 2. The molecule has 0 radical (unpaired) electrons. The van der Waals surface area contributed by atoms with Gasteiger partial charge in [-0.25, -0.2) is 19.0 Å². The maximum Gasteiger partial charge on any atom is 0.305 e. The molecule has 1 aromatic carbocycles. The predicted octanol–water partition coefficient (Wildman–Crippen LogP) is -0.629. The molecular formula is C12H11BN4O2S. The molecule has 3 N–H and O–H groups in total. The Labute approximate surface area is 118 Å². The van der Waals surface area contributed by atoms with Gasteiger partial charge in [0, 0.05) is 11.6 Å². The molecule has 1 unspecified atom stereocenters. The number of rotatable bonds is 3. The lowest BCUT2D eigenvalue weighted by molar-refractivity contribution is 0.615. The van der Waals surface area contributed by atoms with E-state index in [1.54, 1.807) is 41.3 Å². The lowest BCUT2D eigenvalue weighted by atomic mass is 9.87. The first-order chi connectivity index (χ1) is 9.70. The van der Waals surface area contributed by atoms with Crippen molar-refractivity contribution in [1.82, 2.24) is 14.8 Å². The summed E-state index contributed by atoms with van der Waals surface area (Å²) < 4.78 is 13.0. The lowest BCUT2D eigenvalue weighted by Gasteiger charge is -2.05. The van der Waals surface area contributed by atoms with Crippen molar-refractivity contribution in [3.8, 4) is 5.69 Å². The molecule has 0 fully saturated rings. The van der Waals surface area contributed by atoms with Crippen LogP contribution in [0.15, 0.2) is 47.6 Å². The van der Waals surface area contributed by atoms with E-state index in [-0.39, 0.29) is 7.48 Å². The normalized spacial score (nSPS) is 12.5. The SMILES string of the molecule is NS(=O)c1cccc(-n2ncc3c(BO)ccnc32)c1. The molecule has 8 heteroatoms. The number of benzene rings is 1. The first kappa shape index (κ1) is 13.0. The molecule has 0 amide bonds. The van der Waals surface area contributed by atoms with Gasteiger partial charge in [0.2, 0.25) is 0 Å². The Bertz CT molecular complexity index is 805. The van der Waals surface area contributed by atoms with Gasteiger partial charge in [-0.05, 0) is 29.7 Å². The van der Waals surface area contributed by atoms with Gasteiger partial charge in [-0.2, -0.15) is 5.10 Å². The fraction of sp³-hybridized carbons (Fsp3) is 0. The van der Waals surface area contributed by atoms with E-state index in [0.29, 0.717) is 10.5 Å². The number of aromatic nitrogens is 3. The Hall–Kier alpha value is -2.03. The van der Waals surface area contributed by atoms with Crippen LogP contribution in [0, 0.1) is 0 Å². The van der Waals surface area contributed by atoms with Crippen LogP contribution in [0.4, 0.5) is 0 Å². The molecule has 0 bridgehead atoms. The minimum Gasteiger partial charge on any atom is -0.449 e. The molecule has 0 saturated carbocycles. The summed E-state index contributed by atoms with van der Waals surface area (Å²) in [6.45, 7) is 0. The highest BCUT2D eigenvalue weighted by Crippen LogP contribution is 2.16. The zero-order valence-corrected chi connectivity index (χ0v) is 11.2. The Morgan fingerprint density at radius 2 is 2.20 bits per heavy atom. The molecular weight excluding hydrogens is 275 g/mol. The van der Waals surface area contributed by atoms with Crippen molar-refractivity contribution in [2.75, 3.05) is 0 Å². The van der Waals surface area contributed by atoms with Gasteiger partial charge in [-0.15, -0.1) is 0 Å². The topological polar surface area (TPSA) is 94.0 Å². The maximum atomic E-state index is 11.3. The Morgan fingerprint density at radius 3 is 2.95 bits per heavy atom. The van der Waals surface area contributed by atoms with Crippen LogP contribution >= 0.6 is 0 Å². The highest BCUT2D eigenvalue weighted by atomic mass is 32.2. The van der Waals surface area contributed by atoms with Gasteiger partial charge in [0.25, 0.3) is 0 Å². The third-order valence-corrected chi connectivity index (χ3v) is 3.75. The molecule has 0 spiro atoms. The van der Waals surface area contributed by atoms with Crippen LogP contribution in [0.5, 0.6) is 0 Å². The van der Waals surface area contributed by atoms with Gasteiger partial charge in [0.1, 0.15) is 11.0 Å². The Morgan fingerprint density at radius 1 is 1.35 bits per heavy atom. The fourth-order valence-electron chi connectivity index (χ4n) is 2.05. The second kappa shape index (κ2) is 5.16. The first-order valence-corrected chi connectivity index (χ1v) is 7.11. The maximum absolute atomic E-state index is 11.3. The molecule has 6 nitrogen and oxygen atoms in total. The van der Waals surface area contributed by atoms with E-state index in [1.165, 1.54) is 0 Å². The smallest absolute Gasteiger partial charge is 0.305 e. The summed E-state index contributed by atoms with van der Waals surface area (Å²) in [6, 6.07) is 8.74. The third-order valence-electron chi connectivity index (χ3n) is 3.03. The number of pyridine rings is 1. The Balaban J connectivity index is 2.20. The molecule has 2 heterocycles. The number of hydrogen-bond acceptors (Lipinski definition) is 4. The zero-order valence-electron chi connectivity index (χ0n) is 10.4. The Kier molecular flexibility index (Phi) is 3.35. The minimum absolute atomic E-state index is 0.0719. The van der Waals surface area contributed by atoms with Crippen LogP contribution < -0.4 is 10.6 Å². The van der Waals surface area contributed by atoms with Crippen molar-refractivity contribution in [3.05, 3.63) is 42.7 Å². The quantitative estimate of drug-likeness (QED) is 0.627. The van der Waals surface area contributed by atoms with Crippen LogP contribution in [-0.2, 0) is 11.0 Å². The second-order valence-corrected chi connectivity index (χ2v) is 5.28. The number of nitrogens with two attached hydrogens (primary N) is 1. The zero-order chi connectivity index (χ0) is 14.1.